The van der Waals surface area contributed by atoms with Crippen molar-refractivity contribution in [2.45, 2.75) is 39.0 Å². The van der Waals surface area contributed by atoms with E-state index >= 15 is 0 Å². The summed E-state index contributed by atoms with van der Waals surface area (Å²) in [6, 6.07) is 3.82. The number of nitrogen functional groups attached to an aromatic ring is 1. The standard InChI is InChI=1S/C15H22N6/c1-12-9-13(16)21(19-12)15-10-14(17-11-18-15)20-7-5-3-2-4-6-8-20/h9-11H,2-8,16H2,1H3. The highest BCUT2D eigenvalue weighted by Crippen LogP contribution is 2.20. The van der Waals surface area contributed by atoms with Gasteiger partial charge in [-0.15, -0.1) is 0 Å². The first kappa shape index (κ1) is 13.9. The first-order chi connectivity index (χ1) is 10.2. The first-order valence-corrected chi connectivity index (χ1v) is 7.63. The molecule has 1 aliphatic heterocycles. The molecule has 6 nitrogen and oxygen atoms in total. The molecule has 3 heterocycles. The number of rotatable bonds is 2. The van der Waals surface area contributed by atoms with Crippen LogP contribution in [0.3, 0.4) is 0 Å². The van der Waals surface area contributed by atoms with E-state index in [1.807, 2.05) is 19.1 Å². The third kappa shape index (κ3) is 3.15. The zero-order chi connectivity index (χ0) is 14.7. The van der Waals surface area contributed by atoms with Crippen LogP contribution in [0.5, 0.6) is 0 Å². The van der Waals surface area contributed by atoms with E-state index in [0.717, 1.165) is 30.4 Å². The quantitative estimate of drug-likeness (QED) is 0.917. The van der Waals surface area contributed by atoms with Gasteiger partial charge in [0.05, 0.1) is 5.69 Å². The van der Waals surface area contributed by atoms with E-state index in [2.05, 4.69) is 20.0 Å². The van der Waals surface area contributed by atoms with Crippen molar-refractivity contribution in [2.24, 2.45) is 0 Å². The molecule has 0 saturated carbocycles. The maximum absolute atomic E-state index is 5.97. The minimum atomic E-state index is 0.602. The zero-order valence-corrected chi connectivity index (χ0v) is 12.5. The van der Waals surface area contributed by atoms with E-state index in [-0.39, 0.29) is 0 Å². The maximum atomic E-state index is 5.97. The summed E-state index contributed by atoms with van der Waals surface area (Å²) in [5.74, 6) is 2.30. The van der Waals surface area contributed by atoms with Gasteiger partial charge in [-0.05, 0) is 19.8 Å². The highest BCUT2D eigenvalue weighted by molar-refractivity contribution is 5.46. The van der Waals surface area contributed by atoms with Crippen LogP contribution in [0, 0.1) is 6.92 Å². The van der Waals surface area contributed by atoms with E-state index in [1.165, 1.54) is 32.1 Å². The molecule has 0 bridgehead atoms. The zero-order valence-electron chi connectivity index (χ0n) is 12.5. The summed E-state index contributed by atoms with van der Waals surface area (Å²) in [7, 11) is 0. The number of hydrogen-bond acceptors (Lipinski definition) is 5. The Labute approximate surface area is 125 Å². The molecule has 0 aromatic carbocycles. The van der Waals surface area contributed by atoms with Crippen molar-refractivity contribution in [3.8, 4) is 5.82 Å². The molecule has 0 radical (unpaired) electrons. The summed E-state index contributed by atoms with van der Waals surface area (Å²) >= 11 is 0. The van der Waals surface area contributed by atoms with Gasteiger partial charge in [-0.2, -0.15) is 9.78 Å². The number of nitrogens with two attached hydrogens (primary N) is 1. The van der Waals surface area contributed by atoms with E-state index in [9.17, 15) is 0 Å². The molecule has 0 spiro atoms. The predicted molar refractivity (Wildman–Crippen MR) is 83.6 cm³/mol. The first-order valence-electron chi connectivity index (χ1n) is 7.63. The Bertz CT molecular complexity index is 598. The van der Waals surface area contributed by atoms with Crippen LogP contribution in [0.15, 0.2) is 18.5 Å². The van der Waals surface area contributed by atoms with Gasteiger partial charge in [-0.1, -0.05) is 19.3 Å². The van der Waals surface area contributed by atoms with E-state index in [4.69, 9.17) is 5.73 Å². The lowest BCUT2D eigenvalue weighted by molar-refractivity contribution is 0.553. The van der Waals surface area contributed by atoms with Crippen molar-refractivity contribution in [1.82, 2.24) is 19.7 Å². The van der Waals surface area contributed by atoms with E-state index < -0.39 is 0 Å². The number of anilines is 2. The van der Waals surface area contributed by atoms with Crippen LogP contribution >= 0.6 is 0 Å². The van der Waals surface area contributed by atoms with Gasteiger partial charge in [0, 0.05) is 25.2 Å². The molecule has 6 heteroatoms. The fourth-order valence-electron chi connectivity index (χ4n) is 2.81. The molecule has 21 heavy (non-hydrogen) atoms. The van der Waals surface area contributed by atoms with Gasteiger partial charge >= 0.3 is 0 Å². The summed E-state index contributed by atoms with van der Waals surface area (Å²) in [6.07, 6.45) is 8.01. The van der Waals surface area contributed by atoms with Crippen molar-refractivity contribution in [1.29, 1.82) is 0 Å². The van der Waals surface area contributed by atoms with Gasteiger partial charge in [0.1, 0.15) is 18.0 Å². The summed E-state index contributed by atoms with van der Waals surface area (Å²) in [6.45, 7) is 4.04. The van der Waals surface area contributed by atoms with Gasteiger partial charge in [0.2, 0.25) is 0 Å². The minimum absolute atomic E-state index is 0.602. The molecule has 1 fully saturated rings. The Morgan fingerprint density at radius 2 is 1.62 bits per heavy atom. The molecule has 0 aliphatic carbocycles. The number of nitrogens with zero attached hydrogens (tertiary/aromatic N) is 5. The average molecular weight is 286 g/mol. The highest BCUT2D eigenvalue weighted by atomic mass is 15.3. The van der Waals surface area contributed by atoms with Crippen LogP contribution in [0.4, 0.5) is 11.6 Å². The fraction of sp³-hybridized carbons (Fsp3) is 0.533. The van der Waals surface area contributed by atoms with Gasteiger partial charge in [-0.25, -0.2) is 9.97 Å². The summed E-state index contributed by atoms with van der Waals surface area (Å²) in [5, 5.41) is 4.38. The molecular formula is C15H22N6. The lowest BCUT2D eigenvalue weighted by Crippen LogP contribution is -2.28. The Balaban J connectivity index is 1.86. The second-order valence-electron chi connectivity index (χ2n) is 5.61. The molecule has 3 rings (SSSR count). The van der Waals surface area contributed by atoms with Crippen LogP contribution < -0.4 is 10.6 Å². The molecule has 2 N–H and O–H groups in total. The topological polar surface area (TPSA) is 72.9 Å². The van der Waals surface area contributed by atoms with Gasteiger partial charge in [-0.3, -0.25) is 0 Å². The third-order valence-corrected chi connectivity index (χ3v) is 3.89. The average Bonchev–Trinajstić information content (AvgIpc) is 2.77. The van der Waals surface area contributed by atoms with Crippen molar-refractivity contribution in [3.05, 3.63) is 24.2 Å². The van der Waals surface area contributed by atoms with Crippen LogP contribution in [0.2, 0.25) is 0 Å². The van der Waals surface area contributed by atoms with E-state index in [1.54, 1.807) is 11.0 Å². The summed E-state index contributed by atoms with van der Waals surface area (Å²) in [4.78, 5) is 11.1. The van der Waals surface area contributed by atoms with Crippen molar-refractivity contribution in [3.63, 3.8) is 0 Å². The van der Waals surface area contributed by atoms with Crippen LogP contribution in [0.1, 0.15) is 37.8 Å². The summed E-state index contributed by atoms with van der Waals surface area (Å²) < 4.78 is 1.67. The maximum Gasteiger partial charge on any atom is 0.161 e. The SMILES string of the molecule is Cc1cc(N)n(-c2cc(N3CCCCCCC3)ncn2)n1. The normalized spacial score (nSPS) is 16.5. The smallest absolute Gasteiger partial charge is 0.161 e. The lowest BCUT2D eigenvalue weighted by atomic mass is 10.1. The monoisotopic (exact) mass is 286 g/mol. The Hall–Kier alpha value is -2.11. The molecule has 0 unspecified atom stereocenters. The molecule has 1 saturated heterocycles. The largest absolute Gasteiger partial charge is 0.384 e. The predicted octanol–water partition coefficient (Wildman–Crippen LogP) is 2.32. The Morgan fingerprint density at radius 1 is 0.952 bits per heavy atom. The molecule has 2 aromatic rings. The number of aromatic nitrogens is 4. The van der Waals surface area contributed by atoms with Gasteiger partial charge < -0.3 is 10.6 Å². The molecular weight excluding hydrogens is 264 g/mol. The van der Waals surface area contributed by atoms with Crippen molar-refractivity contribution >= 4 is 11.6 Å². The van der Waals surface area contributed by atoms with E-state index in [0.29, 0.717) is 5.82 Å². The van der Waals surface area contributed by atoms with Crippen molar-refractivity contribution < 1.29 is 0 Å². The van der Waals surface area contributed by atoms with Crippen LogP contribution in [0.25, 0.3) is 5.82 Å². The van der Waals surface area contributed by atoms with Gasteiger partial charge in [0.25, 0.3) is 0 Å². The molecule has 0 atom stereocenters. The van der Waals surface area contributed by atoms with Gasteiger partial charge in [0.15, 0.2) is 5.82 Å². The summed E-state index contributed by atoms with van der Waals surface area (Å²) in [5.41, 5.74) is 6.86. The van der Waals surface area contributed by atoms with Crippen LogP contribution in [-0.2, 0) is 0 Å². The lowest BCUT2D eigenvalue weighted by Gasteiger charge is -2.25. The molecule has 1 aliphatic rings. The molecule has 112 valence electrons. The minimum Gasteiger partial charge on any atom is -0.384 e. The Morgan fingerprint density at radius 3 is 2.29 bits per heavy atom. The molecule has 2 aromatic heterocycles. The third-order valence-electron chi connectivity index (χ3n) is 3.89. The van der Waals surface area contributed by atoms with Crippen molar-refractivity contribution in [2.75, 3.05) is 23.7 Å². The fourth-order valence-corrected chi connectivity index (χ4v) is 2.81. The highest BCUT2D eigenvalue weighted by Gasteiger charge is 2.13. The second kappa shape index (κ2) is 6.11. The number of hydrogen-bond donors (Lipinski definition) is 1. The van der Waals surface area contributed by atoms with Crippen LogP contribution in [-0.4, -0.2) is 32.8 Å². The second-order valence-corrected chi connectivity index (χ2v) is 5.61. The number of aryl methyl sites for hydroxylation is 1. The Kier molecular flexibility index (Phi) is 4.03. The molecule has 0 amide bonds.